The molecule has 130 valence electrons. The van der Waals surface area contributed by atoms with Gasteiger partial charge in [0, 0.05) is 5.75 Å². The molecule has 2 aromatic carbocycles. The number of fused-ring (bicyclic) bond motifs is 1. The predicted molar refractivity (Wildman–Crippen MR) is 99.0 cm³/mol. The molecule has 0 aliphatic carbocycles. The van der Waals surface area contributed by atoms with Crippen molar-refractivity contribution in [3.8, 4) is 5.75 Å². The van der Waals surface area contributed by atoms with Crippen LogP contribution in [0.4, 0.5) is 20.2 Å². The third kappa shape index (κ3) is 4.96. The fourth-order valence-corrected chi connectivity index (χ4v) is 4.03. The third-order valence-corrected chi connectivity index (χ3v) is 5.50. The summed E-state index contributed by atoms with van der Waals surface area (Å²) in [5, 5.41) is 2.59. The molecule has 0 saturated carbocycles. The van der Waals surface area contributed by atoms with E-state index in [2.05, 4.69) is 15.0 Å². The molecular formula is C17H14F2N2O2S2. The second kappa shape index (κ2) is 8.35. The fourth-order valence-electron chi connectivity index (χ4n) is 2.17. The predicted octanol–water partition coefficient (Wildman–Crippen LogP) is 4.89. The van der Waals surface area contributed by atoms with Crippen LogP contribution < -0.4 is 10.1 Å². The van der Waals surface area contributed by atoms with E-state index in [0.29, 0.717) is 0 Å². The van der Waals surface area contributed by atoms with Crippen molar-refractivity contribution < 1.29 is 18.3 Å². The Bertz CT molecular complexity index is 800. The molecule has 0 unspecified atom stereocenters. The highest BCUT2D eigenvalue weighted by Gasteiger charge is 2.15. The van der Waals surface area contributed by atoms with E-state index in [9.17, 15) is 13.6 Å². The number of amides is 1. The minimum atomic E-state index is -2.94. The Kier molecular flexibility index (Phi) is 5.93. The SMILES string of the molecule is O=C(CSC1=Nc2ccccc2CS1)Nc1ccccc1OC(F)F. The van der Waals surface area contributed by atoms with Crippen LogP contribution in [0.1, 0.15) is 5.56 Å². The number of aliphatic imine (C=N–C) groups is 1. The zero-order valence-corrected chi connectivity index (χ0v) is 14.6. The fraction of sp³-hybridized carbons (Fsp3) is 0.176. The number of rotatable bonds is 5. The zero-order valence-electron chi connectivity index (χ0n) is 12.9. The molecule has 0 saturated heterocycles. The number of hydrogen-bond acceptors (Lipinski definition) is 5. The Morgan fingerprint density at radius 2 is 2.00 bits per heavy atom. The van der Waals surface area contributed by atoms with Crippen LogP contribution >= 0.6 is 23.5 Å². The maximum Gasteiger partial charge on any atom is 0.387 e. The zero-order chi connectivity index (χ0) is 17.6. The van der Waals surface area contributed by atoms with Gasteiger partial charge in [-0.2, -0.15) is 8.78 Å². The molecule has 0 fully saturated rings. The molecule has 1 heterocycles. The van der Waals surface area contributed by atoms with Gasteiger partial charge in [0.05, 0.1) is 17.1 Å². The summed E-state index contributed by atoms with van der Waals surface area (Å²) in [6.07, 6.45) is 0. The molecule has 1 amide bonds. The van der Waals surface area contributed by atoms with E-state index in [1.807, 2.05) is 24.3 Å². The maximum absolute atomic E-state index is 12.4. The lowest BCUT2D eigenvalue weighted by Gasteiger charge is -2.14. The topological polar surface area (TPSA) is 50.7 Å². The van der Waals surface area contributed by atoms with Gasteiger partial charge in [0.15, 0.2) is 0 Å². The summed E-state index contributed by atoms with van der Waals surface area (Å²) in [6, 6.07) is 14.0. The number of nitrogens with zero attached hydrogens (tertiary/aromatic N) is 1. The number of halogens is 2. The molecule has 25 heavy (non-hydrogen) atoms. The summed E-state index contributed by atoms with van der Waals surface area (Å²) in [5.74, 6) is 0.581. The Balaban J connectivity index is 1.58. The number of para-hydroxylation sites is 3. The van der Waals surface area contributed by atoms with Crippen molar-refractivity contribution in [2.24, 2.45) is 4.99 Å². The van der Waals surface area contributed by atoms with Crippen LogP contribution in [-0.4, -0.2) is 22.6 Å². The van der Waals surface area contributed by atoms with Gasteiger partial charge < -0.3 is 10.1 Å². The molecule has 0 bridgehead atoms. The third-order valence-electron chi connectivity index (χ3n) is 3.26. The normalized spacial score (nSPS) is 13.2. The van der Waals surface area contributed by atoms with Crippen LogP contribution in [-0.2, 0) is 10.5 Å². The lowest BCUT2D eigenvalue weighted by atomic mass is 10.2. The van der Waals surface area contributed by atoms with E-state index in [4.69, 9.17) is 0 Å². The van der Waals surface area contributed by atoms with Gasteiger partial charge in [-0.15, -0.1) is 0 Å². The first-order chi connectivity index (χ1) is 12.1. The number of alkyl halides is 2. The van der Waals surface area contributed by atoms with Crippen LogP contribution in [0.5, 0.6) is 5.75 Å². The first-order valence-electron chi connectivity index (χ1n) is 7.38. The molecule has 0 atom stereocenters. The summed E-state index contributed by atoms with van der Waals surface area (Å²) in [4.78, 5) is 16.6. The molecule has 0 spiro atoms. The summed E-state index contributed by atoms with van der Waals surface area (Å²) < 4.78 is 30.0. The van der Waals surface area contributed by atoms with Gasteiger partial charge in [0.25, 0.3) is 0 Å². The molecule has 0 aromatic heterocycles. The molecule has 3 rings (SSSR count). The smallest absolute Gasteiger partial charge is 0.387 e. The average molecular weight is 380 g/mol. The van der Waals surface area contributed by atoms with E-state index in [0.717, 1.165) is 15.8 Å². The molecule has 1 aliphatic rings. The van der Waals surface area contributed by atoms with E-state index in [1.165, 1.54) is 29.5 Å². The quantitative estimate of drug-likeness (QED) is 0.802. The van der Waals surface area contributed by atoms with Gasteiger partial charge in [-0.3, -0.25) is 4.79 Å². The number of anilines is 1. The molecule has 1 N–H and O–H groups in total. The van der Waals surface area contributed by atoms with E-state index in [-0.39, 0.29) is 23.1 Å². The Labute approximate surface area is 152 Å². The van der Waals surface area contributed by atoms with E-state index in [1.54, 1.807) is 23.9 Å². The van der Waals surface area contributed by atoms with Crippen molar-refractivity contribution in [3.63, 3.8) is 0 Å². The maximum atomic E-state index is 12.4. The van der Waals surface area contributed by atoms with Crippen molar-refractivity contribution in [2.75, 3.05) is 11.1 Å². The van der Waals surface area contributed by atoms with E-state index >= 15 is 0 Å². The number of carbonyl (C=O) groups excluding carboxylic acids is 1. The lowest BCUT2D eigenvalue weighted by molar-refractivity contribution is -0.113. The van der Waals surface area contributed by atoms with Crippen molar-refractivity contribution in [2.45, 2.75) is 12.4 Å². The summed E-state index contributed by atoms with van der Waals surface area (Å²) >= 11 is 2.89. The van der Waals surface area contributed by atoms with Gasteiger partial charge in [0.1, 0.15) is 10.1 Å². The average Bonchev–Trinajstić information content (AvgIpc) is 2.61. The molecule has 2 aromatic rings. The van der Waals surface area contributed by atoms with Crippen LogP contribution in [0.3, 0.4) is 0 Å². The summed E-state index contributed by atoms with van der Waals surface area (Å²) in [6.45, 7) is -2.94. The summed E-state index contributed by atoms with van der Waals surface area (Å²) in [7, 11) is 0. The van der Waals surface area contributed by atoms with Crippen LogP contribution in [0.15, 0.2) is 53.5 Å². The van der Waals surface area contributed by atoms with Crippen LogP contribution in [0.2, 0.25) is 0 Å². The van der Waals surface area contributed by atoms with Crippen molar-refractivity contribution in [1.29, 1.82) is 0 Å². The Hall–Kier alpha value is -2.06. The Morgan fingerprint density at radius 1 is 1.24 bits per heavy atom. The molecular weight excluding hydrogens is 366 g/mol. The van der Waals surface area contributed by atoms with Crippen LogP contribution in [0, 0.1) is 0 Å². The molecule has 8 heteroatoms. The number of carbonyl (C=O) groups is 1. The minimum Gasteiger partial charge on any atom is -0.433 e. The monoisotopic (exact) mass is 380 g/mol. The highest BCUT2D eigenvalue weighted by molar-refractivity contribution is 8.38. The molecule has 1 aliphatic heterocycles. The van der Waals surface area contributed by atoms with Crippen molar-refractivity contribution in [1.82, 2.24) is 0 Å². The standard InChI is InChI=1S/C17H14F2N2O2S2/c18-16(19)23-14-8-4-3-7-13(14)20-15(22)10-25-17-21-12-6-2-1-5-11(12)9-24-17/h1-8,16H,9-10H2,(H,20,22). The van der Waals surface area contributed by atoms with Gasteiger partial charge in [-0.25, -0.2) is 4.99 Å². The second-order valence-corrected chi connectivity index (χ2v) is 7.19. The van der Waals surface area contributed by atoms with E-state index < -0.39 is 6.61 Å². The molecule has 0 radical (unpaired) electrons. The van der Waals surface area contributed by atoms with Crippen molar-refractivity contribution >= 4 is 45.2 Å². The minimum absolute atomic E-state index is 0.0610. The van der Waals surface area contributed by atoms with Gasteiger partial charge in [-0.1, -0.05) is 53.9 Å². The number of ether oxygens (including phenoxy) is 1. The Morgan fingerprint density at radius 3 is 2.84 bits per heavy atom. The largest absolute Gasteiger partial charge is 0.433 e. The first-order valence-corrected chi connectivity index (χ1v) is 9.35. The summed E-state index contributed by atoms with van der Waals surface area (Å²) in [5.41, 5.74) is 2.30. The lowest BCUT2D eigenvalue weighted by Crippen LogP contribution is -2.16. The first kappa shape index (κ1) is 17.8. The van der Waals surface area contributed by atoms with Crippen molar-refractivity contribution in [3.05, 3.63) is 54.1 Å². The highest BCUT2D eigenvalue weighted by Crippen LogP contribution is 2.34. The number of hydrogen-bond donors (Lipinski definition) is 1. The molecule has 4 nitrogen and oxygen atoms in total. The van der Waals surface area contributed by atoms with Gasteiger partial charge in [-0.05, 0) is 23.8 Å². The second-order valence-electron chi connectivity index (χ2n) is 5.01. The highest BCUT2D eigenvalue weighted by atomic mass is 32.2. The van der Waals surface area contributed by atoms with Gasteiger partial charge >= 0.3 is 6.61 Å². The number of benzene rings is 2. The number of nitrogens with one attached hydrogen (secondary N) is 1. The number of thioether (sulfide) groups is 2. The van der Waals surface area contributed by atoms with Gasteiger partial charge in [0.2, 0.25) is 5.91 Å². The van der Waals surface area contributed by atoms with Crippen LogP contribution in [0.25, 0.3) is 0 Å².